The first-order valence-electron chi connectivity index (χ1n) is 4.51. The average molecular weight is 274 g/mol. The Morgan fingerprint density at radius 3 is 2.80 bits per heavy atom. The van der Waals surface area contributed by atoms with Crippen molar-refractivity contribution in [3.8, 4) is 5.75 Å². The second kappa shape index (κ2) is 5.28. The molecule has 2 nitrogen and oxygen atoms in total. The highest BCUT2D eigenvalue weighted by Crippen LogP contribution is 2.32. The molecule has 0 bridgehead atoms. The summed E-state index contributed by atoms with van der Waals surface area (Å²) in [6, 6.07) is 3.10. The molecule has 0 heterocycles. The number of benzene rings is 1. The van der Waals surface area contributed by atoms with E-state index in [1.807, 2.05) is 0 Å². The maximum Gasteiger partial charge on any atom is 0.135 e. The van der Waals surface area contributed by atoms with Gasteiger partial charge in [-0.3, -0.25) is 0 Å². The third kappa shape index (κ3) is 2.79. The van der Waals surface area contributed by atoms with Crippen LogP contribution in [0.5, 0.6) is 5.75 Å². The van der Waals surface area contributed by atoms with E-state index < -0.39 is 0 Å². The van der Waals surface area contributed by atoms with E-state index in [4.69, 9.17) is 10.5 Å². The van der Waals surface area contributed by atoms with Crippen LogP contribution in [0.25, 0.3) is 5.57 Å². The summed E-state index contributed by atoms with van der Waals surface area (Å²) < 4.78 is 19.4. The number of nitrogens with two attached hydrogens (primary N) is 1. The van der Waals surface area contributed by atoms with Crippen molar-refractivity contribution in [2.75, 3.05) is 13.7 Å². The van der Waals surface area contributed by atoms with E-state index in [2.05, 4.69) is 22.5 Å². The van der Waals surface area contributed by atoms with Crippen LogP contribution in [0.1, 0.15) is 12.0 Å². The Hall–Kier alpha value is -0.870. The van der Waals surface area contributed by atoms with Gasteiger partial charge in [-0.1, -0.05) is 22.5 Å². The zero-order valence-electron chi connectivity index (χ0n) is 8.52. The Labute approximate surface area is 97.1 Å². The van der Waals surface area contributed by atoms with E-state index in [0.29, 0.717) is 34.3 Å². The summed E-state index contributed by atoms with van der Waals surface area (Å²) in [4.78, 5) is 0. The van der Waals surface area contributed by atoms with Crippen molar-refractivity contribution in [3.63, 3.8) is 0 Å². The fourth-order valence-corrected chi connectivity index (χ4v) is 1.76. The number of hydrogen-bond acceptors (Lipinski definition) is 2. The molecule has 0 radical (unpaired) electrons. The number of rotatable bonds is 4. The molecule has 0 saturated heterocycles. The van der Waals surface area contributed by atoms with Gasteiger partial charge in [0.15, 0.2) is 0 Å². The fourth-order valence-electron chi connectivity index (χ4n) is 1.35. The Bertz CT molecular complexity index is 379. The minimum atomic E-state index is -0.348. The third-order valence-corrected chi connectivity index (χ3v) is 2.50. The summed E-state index contributed by atoms with van der Waals surface area (Å²) in [6.07, 6.45) is 0.551. The molecule has 0 saturated carbocycles. The summed E-state index contributed by atoms with van der Waals surface area (Å²) in [7, 11) is 1.50. The highest BCUT2D eigenvalue weighted by atomic mass is 79.9. The largest absolute Gasteiger partial charge is 0.496 e. The van der Waals surface area contributed by atoms with Crippen LogP contribution < -0.4 is 10.5 Å². The minimum Gasteiger partial charge on any atom is -0.496 e. The molecule has 15 heavy (non-hydrogen) atoms. The van der Waals surface area contributed by atoms with E-state index in [1.54, 1.807) is 6.07 Å². The zero-order chi connectivity index (χ0) is 11.4. The lowest BCUT2D eigenvalue weighted by atomic mass is 10.0. The molecule has 0 spiro atoms. The second-order valence-corrected chi connectivity index (χ2v) is 4.02. The first-order chi connectivity index (χ1) is 7.10. The number of halogens is 2. The zero-order valence-corrected chi connectivity index (χ0v) is 10.1. The molecule has 82 valence electrons. The lowest BCUT2D eigenvalue weighted by molar-refractivity contribution is 0.409. The van der Waals surface area contributed by atoms with Crippen molar-refractivity contribution in [1.29, 1.82) is 0 Å². The van der Waals surface area contributed by atoms with Gasteiger partial charge in [-0.2, -0.15) is 0 Å². The number of methoxy groups -OCH3 is 1. The molecule has 0 aliphatic carbocycles. The topological polar surface area (TPSA) is 35.2 Å². The SMILES string of the molecule is C=C(CCN)c1c(F)cc(Br)cc1OC. The molecule has 0 aliphatic rings. The second-order valence-electron chi connectivity index (χ2n) is 3.11. The summed E-state index contributed by atoms with van der Waals surface area (Å²) in [6.45, 7) is 4.24. The molecule has 0 fully saturated rings. The fraction of sp³-hybridized carbons (Fsp3) is 0.273. The Morgan fingerprint density at radius 1 is 1.60 bits per heavy atom. The number of ether oxygens (including phenoxy) is 1. The standard InChI is InChI=1S/C11H13BrFNO/c1-7(3-4-14)11-9(13)5-8(12)6-10(11)15-2/h5-6H,1,3-4,14H2,2H3. The van der Waals surface area contributed by atoms with Crippen molar-refractivity contribution < 1.29 is 9.13 Å². The van der Waals surface area contributed by atoms with Crippen molar-refractivity contribution >= 4 is 21.5 Å². The highest BCUT2D eigenvalue weighted by molar-refractivity contribution is 9.10. The quantitative estimate of drug-likeness (QED) is 0.916. The maximum absolute atomic E-state index is 13.7. The van der Waals surface area contributed by atoms with Gasteiger partial charge in [0.05, 0.1) is 12.7 Å². The van der Waals surface area contributed by atoms with Gasteiger partial charge in [0.1, 0.15) is 11.6 Å². The Morgan fingerprint density at radius 2 is 2.27 bits per heavy atom. The molecule has 0 amide bonds. The Balaban J connectivity index is 3.20. The van der Waals surface area contributed by atoms with Crippen LogP contribution in [0.2, 0.25) is 0 Å². The van der Waals surface area contributed by atoms with Crippen LogP contribution in [-0.2, 0) is 0 Å². The smallest absolute Gasteiger partial charge is 0.135 e. The van der Waals surface area contributed by atoms with Gasteiger partial charge in [0, 0.05) is 4.47 Å². The van der Waals surface area contributed by atoms with Crippen molar-refractivity contribution in [2.24, 2.45) is 5.73 Å². The highest BCUT2D eigenvalue weighted by Gasteiger charge is 2.13. The van der Waals surface area contributed by atoms with Gasteiger partial charge in [0.2, 0.25) is 0 Å². The van der Waals surface area contributed by atoms with Gasteiger partial charge in [-0.25, -0.2) is 4.39 Å². The first-order valence-corrected chi connectivity index (χ1v) is 5.30. The van der Waals surface area contributed by atoms with Gasteiger partial charge < -0.3 is 10.5 Å². The molecule has 2 N–H and O–H groups in total. The summed E-state index contributed by atoms with van der Waals surface area (Å²) in [5.74, 6) is 0.125. The van der Waals surface area contributed by atoms with E-state index in [1.165, 1.54) is 13.2 Å². The Kier molecular flexibility index (Phi) is 4.29. The maximum atomic E-state index is 13.7. The van der Waals surface area contributed by atoms with Gasteiger partial charge >= 0.3 is 0 Å². The molecule has 1 aromatic carbocycles. The lowest BCUT2D eigenvalue weighted by Crippen LogP contribution is -2.02. The van der Waals surface area contributed by atoms with Crippen LogP contribution in [0.4, 0.5) is 4.39 Å². The number of hydrogen-bond donors (Lipinski definition) is 1. The van der Waals surface area contributed by atoms with Crippen molar-refractivity contribution in [1.82, 2.24) is 0 Å². The minimum absolute atomic E-state index is 0.348. The average Bonchev–Trinajstić information content (AvgIpc) is 2.16. The molecule has 1 rings (SSSR count). The van der Waals surface area contributed by atoms with Crippen LogP contribution in [0.15, 0.2) is 23.2 Å². The molecule has 1 aromatic rings. The van der Waals surface area contributed by atoms with E-state index >= 15 is 0 Å². The van der Waals surface area contributed by atoms with Crippen LogP contribution in [0, 0.1) is 5.82 Å². The van der Waals surface area contributed by atoms with Crippen molar-refractivity contribution in [3.05, 3.63) is 34.6 Å². The van der Waals surface area contributed by atoms with Gasteiger partial charge in [-0.15, -0.1) is 0 Å². The first kappa shape index (κ1) is 12.2. The predicted octanol–water partition coefficient (Wildman–Crippen LogP) is 2.96. The normalized spacial score (nSPS) is 10.1. The summed E-state index contributed by atoms with van der Waals surface area (Å²) in [5.41, 5.74) is 6.47. The van der Waals surface area contributed by atoms with E-state index in [-0.39, 0.29) is 5.82 Å². The third-order valence-electron chi connectivity index (χ3n) is 2.04. The molecule has 0 unspecified atom stereocenters. The molecule has 0 atom stereocenters. The van der Waals surface area contributed by atoms with Gasteiger partial charge in [0.25, 0.3) is 0 Å². The van der Waals surface area contributed by atoms with E-state index in [0.717, 1.165) is 0 Å². The molecular weight excluding hydrogens is 261 g/mol. The van der Waals surface area contributed by atoms with Crippen LogP contribution in [-0.4, -0.2) is 13.7 Å². The monoisotopic (exact) mass is 273 g/mol. The summed E-state index contributed by atoms with van der Waals surface area (Å²) >= 11 is 3.20. The van der Waals surface area contributed by atoms with Crippen molar-refractivity contribution in [2.45, 2.75) is 6.42 Å². The van der Waals surface area contributed by atoms with Crippen LogP contribution >= 0.6 is 15.9 Å². The van der Waals surface area contributed by atoms with Crippen LogP contribution in [0.3, 0.4) is 0 Å². The molecular formula is C11H13BrFNO. The molecule has 4 heteroatoms. The summed E-state index contributed by atoms with van der Waals surface area (Å²) in [5, 5.41) is 0. The molecule has 0 aromatic heterocycles. The lowest BCUT2D eigenvalue weighted by Gasteiger charge is -2.12. The predicted molar refractivity (Wildman–Crippen MR) is 63.4 cm³/mol. The van der Waals surface area contributed by atoms with E-state index in [9.17, 15) is 4.39 Å². The van der Waals surface area contributed by atoms with Gasteiger partial charge in [-0.05, 0) is 30.7 Å². The molecule has 0 aliphatic heterocycles.